The maximum Gasteiger partial charge on any atom is 0.293 e. The van der Waals surface area contributed by atoms with Crippen molar-refractivity contribution in [2.24, 2.45) is 0 Å². The molecule has 1 unspecified atom stereocenters. The molecule has 0 radical (unpaired) electrons. The van der Waals surface area contributed by atoms with Gasteiger partial charge in [0.05, 0.1) is 6.61 Å². The van der Waals surface area contributed by atoms with Crippen molar-refractivity contribution in [2.75, 3.05) is 19.7 Å². The molecule has 0 bridgehead atoms. The lowest BCUT2D eigenvalue weighted by molar-refractivity contribution is -0.138. The number of β-amino-alcohol motifs (C(OH)–C–C–N with tert-alkyl or cyclic N) is 1. The van der Waals surface area contributed by atoms with Crippen molar-refractivity contribution in [1.82, 2.24) is 5.32 Å². The number of hydrogen-bond donors (Lipinski definition) is 3. The average Bonchev–Trinajstić information content (AvgIpc) is 2.52. The monoisotopic (exact) mass is 219 g/mol. The summed E-state index contributed by atoms with van der Waals surface area (Å²) in [4.78, 5) is 9.60. The molecular formula is C10H21NO4. The molecule has 0 aromatic rings. The van der Waals surface area contributed by atoms with Gasteiger partial charge in [-0.25, -0.2) is 0 Å². The summed E-state index contributed by atoms with van der Waals surface area (Å²) in [6.45, 7) is 7.14. The second kappa shape index (κ2) is 6.05. The molecule has 90 valence electrons. The Hall–Kier alpha value is -0.650. The summed E-state index contributed by atoms with van der Waals surface area (Å²) >= 11 is 0. The SMILES string of the molecule is CC(C)(C)OC=O.OCC1(O)CCNC1. The van der Waals surface area contributed by atoms with Crippen molar-refractivity contribution >= 4 is 6.47 Å². The van der Waals surface area contributed by atoms with Gasteiger partial charge in [0.2, 0.25) is 0 Å². The van der Waals surface area contributed by atoms with Gasteiger partial charge in [-0.3, -0.25) is 4.79 Å². The van der Waals surface area contributed by atoms with E-state index in [0.29, 0.717) is 19.4 Å². The molecule has 1 fully saturated rings. The molecule has 0 aliphatic carbocycles. The normalized spacial score (nSPS) is 25.4. The second-order valence-electron chi connectivity index (χ2n) is 4.64. The molecule has 1 aliphatic heterocycles. The van der Waals surface area contributed by atoms with Crippen molar-refractivity contribution in [3.63, 3.8) is 0 Å². The Morgan fingerprint density at radius 1 is 1.53 bits per heavy atom. The number of aliphatic hydroxyl groups is 2. The summed E-state index contributed by atoms with van der Waals surface area (Å²) in [5, 5.41) is 20.7. The number of ether oxygens (including phenoxy) is 1. The standard InChI is InChI=1S/C5H11NO2.C5H10O2/c7-4-5(8)1-2-6-3-5;1-5(2,3)7-4-6/h6-8H,1-4H2;4H,1-3H3. The van der Waals surface area contributed by atoms with E-state index in [1.165, 1.54) is 0 Å². The predicted molar refractivity (Wildman–Crippen MR) is 56.4 cm³/mol. The van der Waals surface area contributed by atoms with Crippen LogP contribution in [0.4, 0.5) is 0 Å². The molecule has 0 saturated carbocycles. The first kappa shape index (κ1) is 14.3. The summed E-state index contributed by atoms with van der Waals surface area (Å²) in [7, 11) is 0. The molecule has 1 atom stereocenters. The Morgan fingerprint density at radius 2 is 2.13 bits per heavy atom. The van der Waals surface area contributed by atoms with Crippen LogP contribution in [0.15, 0.2) is 0 Å². The quantitative estimate of drug-likeness (QED) is 0.554. The molecule has 1 rings (SSSR count). The minimum atomic E-state index is -0.819. The van der Waals surface area contributed by atoms with Gasteiger partial charge in [-0.05, 0) is 33.7 Å². The first-order valence-corrected chi connectivity index (χ1v) is 4.98. The van der Waals surface area contributed by atoms with Crippen molar-refractivity contribution in [1.29, 1.82) is 0 Å². The van der Waals surface area contributed by atoms with Gasteiger partial charge in [-0.15, -0.1) is 0 Å². The third-order valence-electron chi connectivity index (χ3n) is 1.92. The topological polar surface area (TPSA) is 78.8 Å². The summed E-state index contributed by atoms with van der Waals surface area (Å²) < 4.78 is 4.55. The van der Waals surface area contributed by atoms with E-state index in [-0.39, 0.29) is 12.2 Å². The van der Waals surface area contributed by atoms with Gasteiger partial charge in [-0.1, -0.05) is 0 Å². The number of rotatable bonds is 2. The van der Waals surface area contributed by atoms with Crippen LogP contribution >= 0.6 is 0 Å². The van der Waals surface area contributed by atoms with E-state index in [0.717, 1.165) is 6.54 Å². The minimum Gasteiger partial charge on any atom is -0.462 e. The van der Waals surface area contributed by atoms with Crippen LogP contribution in [-0.4, -0.2) is 47.6 Å². The highest BCUT2D eigenvalue weighted by Crippen LogP contribution is 2.11. The number of hydrogen-bond acceptors (Lipinski definition) is 5. The lowest BCUT2D eigenvalue weighted by Crippen LogP contribution is -2.35. The Kier molecular flexibility index (Phi) is 5.79. The van der Waals surface area contributed by atoms with E-state index in [4.69, 9.17) is 5.11 Å². The third kappa shape index (κ3) is 7.30. The summed E-state index contributed by atoms with van der Waals surface area (Å²) in [5.41, 5.74) is -1.14. The van der Waals surface area contributed by atoms with E-state index >= 15 is 0 Å². The highest BCUT2D eigenvalue weighted by atomic mass is 16.5. The van der Waals surface area contributed by atoms with Gasteiger partial charge in [0.25, 0.3) is 6.47 Å². The molecule has 15 heavy (non-hydrogen) atoms. The highest BCUT2D eigenvalue weighted by Gasteiger charge is 2.29. The fourth-order valence-electron chi connectivity index (χ4n) is 1.01. The van der Waals surface area contributed by atoms with E-state index in [9.17, 15) is 9.90 Å². The van der Waals surface area contributed by atoms with Gasteiger partial charge in [-0.2, -0.15) is 0 Å². The average molecular weight is 219 g/mol. The molecule has 0 spiro atoms. The molecular weight excluding hydrogens is 198 g/mol. The zero-order valence-corrected chi connectivity index (χ0v) is 9.62. The largest absolute Gasteiger partial charge is 0.462 e. The number of carbonyl (C=O) groups excluding carboxylic acids is 1. The van der Waals surface area contributed by atoms with Crippen LogP contribution in [0.3, 0.4) is 0 Å². The molecule has 0 aromatic heterocycles. The van der Waals surface area contributed by atoms with Crippen molar-refractivity contribution < 1.29 is 19.7 Å². The Labute approximate surface area is 90.4 Å². The van der Waals surface area contributed by atoms with Crippen LogP contribution in [0.25, 0.3) is 0 Å². The van der Waals surface area contributed by atoms with Crippen molar-refractivity contribution in [2.45, 2.75) is 38.4 Å². The summed E-state index contributed by atoms with van der Waals surface area (Å²) in [6.07, 6.45) is 0.670. The number of aliphatic hydroxyl groups excluding tert-OH is 1. The minimum absolute atomic E-state index is 0.125. The second-order valence-corrected chi connectivity index (χ2v) is 4.64. The fraction of sp³-hybridized carbons (Fsp3) is 0.900. The van der Waals surface area contributed by atoms with Crippen LogP contribution in [0.2, 0.25) is 0 Å². The van der Waals surface area contributed by atoms with Gasteiger partial charge in [0.1, 0.15) is 11.2 Å². The zero-order valence-electron chi connectivity index (χ0n) is 9.62. The smallest absolute Gasteiger partial charge is 0.293 e. The van der Waals surface area contributed by atoms with Gasteiger partial charge in [0.15, 0.2) is 0 Å². The van der Waals surface area contributed by atoms with Crippen molar-refractivity contribution in [3.05, 3.63) is 0 Å². The van der Waals surface area contributed by atoms with Crippen molar-refractivity contribution in [3.8, 4) is 0 Å². The van der Waals surface area contributed by atoms with Crippen LogP contribution in [0, 0.1) is 0 Å². The Morgan fingerprint density at radius 3 is 2.27 bits per heavy atom. The molecule has 0 aromatic carbocycles. The first-order valence-electron chi connectivity index (χ1n) is 4.98. The van der Waals surface area contributed by atoms with Gasteiger partial charge < -0.3 is 20.3 Å². The van der Waals surface area contributed by atoms with Gasteiger partial charge in [0, 0.05) is 6.54 Å². The highest BCUT2D eigenvalue weighted by molar-refractivity contribution is 5.37. The molecule has 1 saturated heterocycles. The van der Waals surface area contributed by atoms with Gasteiger partial charge >= 0.3 is 0 Å². The maximum atomic E-state index is 9.60. The van der Waals surface area contributed by atoms with Crippen LogP contribution in [0.1, 0.15) is 27.2 Å². The molecule has 5 heteroatoms. The van der Waals surface area contributed by atoms with Crippen LogP contribution in [-0.2, 0) is 9.53 Å². The maximum absolute atomic E-state index is 9.60. The third-order valence-corrected chi connectivity index (χ3v) is 1.92. The fourth-order valence-corrected chi connectivity index (χ4v) is 1.01. The Balaban J connectivity index is 0.000000265. The molecule has 5 nitrogen and oxygen atoms in total. The number of carbonyl (C=O) groups is 1. The predicted octanol–water partition coefficient (Wildman–Crippen LogP) is -0.339. The molecule has 3 N–H and O–H groups in total. The molecule has 1 aliphatic rings. The van der Waals surface area contributed by atoms with E-state index in [2.05, 4.69) is 10.1 Å². The lowest BCUT2D eigenvalue weighted by Gasteiger charge is -2.16. The van der Waals surface area contributed by atoms with E-state index < -0.39 is 5.60 Å². The van der Waals surface area contributed by atoms with Crippen LogP contribution < -0.4 is 5.32 Å². The molecule has 1 heterocycles. The molecule has 0 amide bonds. The summed E-state index contributed by atoms with van der Waals surface area (Å²) in [6, 6.07) is 0. The lowest BCUT2D eigenvalue weighted by atomic mass is 10.1. The van der Waals surface area contributed by atoms with E-state index in [1.807, 2.05) is 20.8 Å². The zero-order chi connectivity index (χ0) is 11.9. The van der Waals surface area contributed by atoms with Crippen LogP contribution in [0.5, 0.6) is 0 Å². The van der Waals surface area contributed by atoms with E-state index in [1.54, 1.807) is 0 Å². The number of nitrogens with one attached hydrogen (secondary N) is 1. The summed E-state index contributed by atoms with van der Waals surface area (Å²) in [5.74, 6) is 0. The Bertz CT molecular complexity index is 182. The first-order chi connectivity index (χ1) is 6.83.